The van der Waals surface area contributed by atoms with Crippen LogP contribution in [0.5, 0.6) is 0 Å². The van der Waals surface area contributed by atoms with Crippen LogP contribution in [-0.4, -0.2) is 28.6 Å². The third-order valence-electron chi connectivity index (χ3n) is 2.87. The van der Waals surface area contributed by atoms with Gasteiger partial charge in [-0.25, -0.2) is 4.98 Å². The fourth-order valence-corrected chi connectivity index (χ4v) is 1.84. The number of benzene rings is 1. The Labute approximate surface area is 116 Å². The van der Waals surface area contributed by atoms with E-state index < -0.39 is 12.0 Å². The van der Waals surface area contributed by atoms with Crippen LogP contribution in [0.1, 0.15) is 15.9 Å². The lowest BCUT2D eigenvalue weighted by molar-refractivity contribution is 0.0916. The molecule has 0 radical (unpaired) electrons. The summed E-state index contributed by atoms with van der Waals surface area (Å²) in [6, 6.07) is 11.6. The fraction of sp³-hybridized carbons (Fsp3) is 0.200. The Balaban J connectivity index is 1.99. The van der Waals surface area contributed by atoms with Crippen LogP contribution in [0, 0.1) is 5.95 Å². The van der Waals surface area contributed by atoms with Gasteiger partial charge in [0.2, 0.25) is 5.95 Å². The van der Waals surface area contributed by atoms with E-state index in [0.717, 1.165) is 11.6 Å². The predicted octanol–water partition coefficient (Wildman–Crippen LogP) is 1.55. The number of nitrogens with zero attached hydrogens (tertiary/aromatic N) is 1. The van der Waals surface area contributed by atoms with Gasteiger partial charge in [-0.3, -0.25) is 4.79 Å². The maximum absolute atomic E-state index is 12.7. The molecule has 1 aromatic heterocycles. The standard InChI is InChI=1S/C15H15FN2O2/c16-14-7-6-12(9-17-14)15(20)18-13(10-19)8-11-4-2-1-3-5-11/h1-7,9,13,19H,8,10H2,(H,18,20). The summed E-state index contributed by atoms with van der Waals surface area (Å²) in [5.41, 5.74) is 1.28. The van der Waals surface area contributed by atoms with E-state index in [1.165, 1.54) is 12.3 Å². The van der Waals surface area contributed by atoms with E-state index in [2.05, 4.69) is 10.3 Å². The van der Waals surface area contributed by atoms with E-state index in [9.17, 15) is 14.3 Å². The molecular formula is C15H15FN2O2. The maximum Gasteiger partial charge on any atom is 0.253 e. The van der Waals surface area contributed by atoms with Crippen molar-refractivity contribution in [3.8, 4) is 0 Å². The molecule has 0 fully saturated rings. The first-order chi connectivity index (χ1) is 9.69. The molecule has 5 heteroatoms. The van der Waals surface area contributed by atoms with Gasteiger partial charge >= 0.3 is 0 Å². The Morgan fingerprint density at radius 2 is 2.00 bits per heavy atom. The Morgan fingerprint density at radius 3 is 2.60 bits per heavy atom. The molecule has 104 valence electrons. The normalized spacial score (nSPS) is 11.9. The van der Waals surface area contributed by atoms with Gasteiger partial charge in [0, 0.05) is 6.20 Å². The third-order valence-corrected chi connectivity index (χ3v) is 2.87. The second-order valence-electron chi connectivity index (χ2n) is 4.41. The van der Waals surface area contributed by atoms with Crippen molar-refractivity contribution in [2.24, 2.45) is 0 Å². The van der Waals surface area contributed by atoms with E-state index in [0.29, 0.717) is 6.42 Å². The molecular weight excluding hydrogens is 259 g/mol. The molecule has 0 aliphatic heterocycles. The molecule has 0 spiro atoms. The number of nitrogens with one attached hydrogen (secondary N) is 1. The largest absolute Gasteiger partial charge is 0.394 e. The number of hydrogen-bond acceptors (Lipinski definition) is 3. The van der Waals surface area contributed by atoms with E-state index in [1.54, 1.807) is 0 Å². The van der Waals surface area contributed by atoms with Gasteiger partial charge in [0.15, 0.2) is 0 Å². The zero-order valence-electron chi connectivity index (χ0n) is 10.8. The van der Waals surface area contributed by atoms with Crippen LogP contribution in [-0.2, 0) is 6.42 Å². The minimum absolute atomic E-state index is 0.171. The monoisotopic (exact) mass is 274 g/mol. The highest BCUT2D eigenvalue weighted by atomic mass is 19.1. The molecule has 4 nitrogen and oxygen atoms in total. The first kappa shape index (κ1) is 14.1. The number of hydrogen-bond donors (Lipinski definition) is 2. The molecule has 1 atom stereocenters. The van der Waals surface area contributed by atoms with Crippen LogP contribution < -0.4 is 5.32 Å². The number of amides is 1. The first-order valence-corrected chi connectivity index (χ1v) is 6.26. The summed E-state index contributed by atoms with van der Waals surface area (Å²) >= 11 is 0. The number of halogens is 1. The van der Waals surface area contributed by atoms with Crippen molar-refractivity contribution in [3.63, 3.8) is 0 Å². The molecule has 1 amide bonds. The number of rotatable bonds is 5. The molecule has 20 heavy (non-hydrogen) atoms. The number of carbonyl (C=O) groups is 1. The zero-order valence-corrected chi connectivity index (χ0v) is 10.8. The van der Waals surface area contributed by atoms with Crippen LogP contribution >= 0.6 is 0 Å². The van der Waals surface area contributed by atoms with E-state index in [-0.39, 0.29) is 18.1 Å². The maximum atomic E-state index is 12.7. The zero-order chi connectivity index (χ0) is 14.4. The predicted molar refractivity (Wildman–Crippen MR) is 72.7 cm³/mol. The Kier molecular flexibility index (Phi) is 4.79. The molecule has 0 bridgehead atoms. The highest BCUT2D eigenvalue weighted by molar-refractivity contribution is 5.94. The molecule has 2 N–H and O–H groups in total. The van der Waals surface area contributed by atoms with Gasteiger partial charge in [0.05, 0.1) is 18.2 Å². The van der Waals surface area contributed by atoms with E-state index in [1.807, 2.05) is 30.3 Å². The lowest BCUT2D eigenvalue weighted by Crippen LogP contribution is -2.39. The smallest absolute Gasteiger partial charge is 0.253 e. The third kappa shape index (κ3) is 3.86. The highest BCUT2D eigenvalue weighted by Crippen LogP contribution is 2.05. The molecule has 0 aliphatic rings. The van der Waals surface area contributed by atoms with Gasteiger partial charge in [-0.1, -0.05) is 30.3 Å². The molecule has 2 aromatic rings. The van der Waals surface area contributed by atoms with Gasteiger partial charge in [-0.15, -0.1) is 0 Å². The van der Waals surface area contributed by atoms with Crippen molar-refractivity contribution in [2.45, 2.75) is 12.5 Å². The molecule has 0 saturated heterocycles. The van der Waals surface area contributed by atoms with Gasteiger partial charge in [-0.2, -0.15) is 4.39 Å². The summed E-state index contributed by atoms with van der Waals surface area (Å²) in [6.45, 7) is -0.171. The van der Waals surface area contributed by atoms with Crippen molar-refractivity contribution < 1.29 is 14.3 Å². The number of aliphatic hydroxyl groups excluding tert-OH is 1. The highest BCUT2D eigenvalue weighted by Gasteiger charge is 2.13. The van der Waals surface area contributed by atoms with Crippen molar-refractivity contribution in [2.75, 3.05) is 6.61 Å². The molecule has 2 rings (SSSR count). The van der Waals surface area contributed by atoms with Gasteiger partial charge in [0.1, 0.15) is 0 Å². The quantitative estimate of drug-likeness (QED) is 0.813. The minimum Gasteiger partial charge on any atom is -0.394 e. The lowest BCUT2D eigenvalue weighted by Gasteiger charge is -2.16. The molecule has 1 unspecified atom stereocenters. The van der Waals surface area contributed by atoms with Crippen LogP contribution in [0.4, 0.5) is 4.39 Å². The topological polar surface area (TPSA) is 62.2 Å². The summed E-state index contributed by atoms with van der Waals surface area (Å²) in [6.07, 6.45) is 1.69. The minimum atomic E-state index is -0.635. The number of carbonyl (C=O) groups excluding carboxylic acids is 1. The Bertz CT molecular complexity index is 558. The van der Waals surface area contributed by atoms with Crippen molar-refractivity contribution in [3.05, 3.63) is 65.7 Å². The molecule has 1 heterocycles. The van der Waals surface area contributed by atoms with Crippen molar-refractivity contribution in [1.82, 2.24) is 10.3 Å². The van der Waals surface area contributed by atoms with Gasteiger partial charge in [0.25, 0.3) is 5.91 Å². The fourth-order valence-electron chi connectivity index (χ4n) is 1.84. The van der Waals surface area contributed by atoms with Crippen LogP contribution in [0.25, 0.3) is 0 Å². The molecule has 0 saturated carbocycles. The van der Waals surface area contributed by atoms with Crippen LogP contribution in [0.2, 0.25) is 0 Å². The molecule has 1 aromatic carbocycles. The number of aromatic nitrogens is 1. The molecule has 0 aliphatic carbocycles. The summed E-state index contributed by atoms with van der Waals surface area (Å²) in [5.74, 6) is -1.02. The average Bonchev–Trinajstić information content (AvgIpc) is 2.48. The van der Waals surface area contributed by atoms with Gasteiger partial charge in [-0.05, 0) is 24.1 Å². The lowest BCUT2D eigenvalue weighted by atomic mass is 10.1. The SMILES string of the molecule is O=C(NC(CO)Cc1ccccc1)c1ccc(F)nc1. The Morgan fingerprint density at radius 1 is 1.25 bits per heavy atom. The summed E-state index contributed by atoms with van der Waals surface area (Å²) in [5, 5.41) is 12.0. The van der Waals surface area contributed by atoms with Gasteiger partial charge < -0.3 is 10.4 Å². The average molecular weight is 274 g/mol. The second kappa shape index (κ2) is 6.77. The van der Waals surface area contributed by atoms with Crippen molar-refractivity contribution in [1.29, 1.82) is 0 Å². The Hall–Kier alpha value is -2.27. The number of aliphatic hydroxyl groups is 1. The first-order valence-electron chi connectivity index (χ1n) is 6.26. The second-order valence-corrected chi connectivity index (χ2v) is 4.41. The summed E-state index contributed by atoms with van der Waals surface area (Å²) < 4.78 is 12.7. The van der Waals surface area contributed by atoms with E-state index >= 15 is 0 Å². The van der Waals surface area contributed by atoms with E-state index in [4.69, 9.17) is 0 Å². The summed E-state index contributed by atoms with van der Waals surface area (Å²) in [7, 11) is 0. The van der Waals surface area contributed by atoms with Crippen LogP contribution in [0.15, 0.2) is 48.7 Å². The van der Waals surface area contributed by atoms with Crippen molar-refractivity contribution >= 4 is 5.91 Å². The van der Waals surface area contributed by atoms with Crippen LogP contribution in [0.3, 0.4) is 0 Å². The summed E-state index contributed by atoms with van der Waals surface area (Å²) in [4.78, 5) is 15.4. The number of pyridine rings is 1.